The maximum Gasteiger partial charge on any atom is 0.223 e. The van der Waals surface area contributed by atoms with Gasteiger partial charge in [-0.1, -0.05) is 24.3 Å². The number of nitrogens with zero attached hydrogens (tertiary/aromatic N) is 1. The zero-order valence-electron chi connectivity index (χ0n) is 11.6. The molecule has 1 aliphatic rings. The van der Waals surface area contributed by atoms with Crippen LogP contribution in [0.1, 0.15) is 24.8 Å². The van der Waals surface area contributed by atoms with Crippen LogP contribution in [0.3, 0.4) is 0 Å². The molecule has 0 atom stereocenters. The minimum absolute atomic E-state index is 0.248. The molecule has 1 aliphatic carbocycles. The van der Waals surface area contributed by atoms with Crippen LogP contribution in [0.2, 0.25) is 0 Å². The lowest BCUT2D eigenvalue weighted by atomic mass is 10.1. The van der Waals surface area contributed by atoms with Crippen LogP contribution in [-0.4, -0.2) is 28.4 Å². The van der Waals surface area contributed by atoms with Crippen molar-refractivity contribution in [3.8, 4) is 0 Å². The third kappa shape index (κ3) is 2.62. The Bertz CT molecular complexity index is 625. The van der Waals surface area contributed by atoms with Gasteiger partial charge in [-0.3, -0.25) is 4.79 Å². The fraction of sp³-hybridized carbons (Fsp3) is 0.353. The second kappa shape index (κ2) is 5.53. The lowest BCUT2D eigenvalue weighted by molar-refractivity contribution is -0.131. The largest absolute Gasteiger partial charge is 0.361 e. The summed E-state index contributed by atoms with van der Waals surface area (Å²) in [6.07, 6.45) is 7.50. The highest BCUT2D eigenvalue weighted by molar-refractivity contribution is 5.84. The fourth-order valence-electron chi connectivity index (χ4n) is 2.70. The topological polar surface area (TPSA) is 36.1 Å². The van der Waals surface area contributed by atoms with Crippen molar-refractivity contribution in [2.75, 3.05) is 6.54 Å². The van der Waals surface area contributed by atoms with Crippen molar-refractivity contribution in [1.82, 2.24) is 9.88 Å². The molecule has 0 aliphatic heterocycles. The second-order valence-electron chi connectivity index (χ2n) is 5.43. The molecule has 1 heterocycles. The number of aromatic nitrogens is 1. The molecule has 0 radical (unpaired) electrons. The molecule has 0 saturated heterocycles. The maximum absolute atomic E-state index is 12.3. The summed E-state index contributed by atoms with van der Waals surface area (Å²) in [6.45, 7) is 4.42. The molecule has 1 fully saturated rings. The number of hydrogen-bond acceptors (Lipinski definition) is 1. The number of benzene rings is 1. The Morgan fingerprint density at radius 2 is 2.20 bits per heavy atom. The molecule has 1 saturated carbocycles. The van der Waals surface area contributed by atoms with Crippen LogP contribution >= 0.6 is 0 Å². The number of rotatable bonds is 6. The zero-order valence-corrected chi connectivity index (χ0v) is 11.6. The van der Waals surface area contributed by atoms with Gasteiger partial charge in [0.15, 0.2) is 0 Å². The number of hydrogen-bond donors (Lipinski definition) is 1. The molecule has 0 unspecified atom stereocenters. The molecule has 1 aromatic heterocycles. The van der Waals surface area contributed by atoms with Crippen molar-refractivity contribution in [2.45, 2.75) is 31.7 Å². The van der Waals surface area contributed by atoms with E-state index in [1.165, 1.54) is 10.9 Å². The Morgan fingerprint density at radius 1 is 1.40 bits per heavy atom. The summed E-state index contributed by atoms with van der Waals surface area (Å²) < 4.78 is 0. The number of carbonyl (C=O) groups excluding carboxylic acids is 1. The normalized spacial score (nSPS) is 14.4. The molecule has 3 heteroatoms. The van der Waals surface area contributed by atoms with Crippen LogP contribution in [0, 0.1) is 0 Å². The first kappa shape index (κ1) is 13.0. The van der Waals surface area contributed by atoms with Gasteiger partial charge in [0.1, 0.15) is 0 Å². The van der Waals surface area contributed by atoms with E-state index in [4.69, 9.17) is 0 Å². The summed E-state index contributed by atoms with van der Waals surface area (Å²) >= 11 is 0. The van der Waals surface area contributed by atoms with E-state index in [0.717, 1.165) is 24.8 Å². The van der Waals surface area contributed by atoms with E-state index in [2.05, 4.69) is 23.7 Å². The predicted molar refractivity (Wildman–Crippen MR) is 81.6 cm³/mol. The van der Waals surface area contributed by atoms with E-state index in [-0.39, 0.29) is 5.91 Å². The molecule has 104 valence electrons. The van der Waals surface area contributed by atoms with Crippen LogP contribution in [-0.2, 0) is 11.2 Å². The Balaban J connectivity index is 1.66. The van der Waals surface area contributed by atoms with Gasteiger partial charge in [-0.2, -0.15) is 0 Å². The van der Waals surface area contributed by atoms with Gasteiger partial charge in [0.2, 0.25) is 5.91 Å². The van der Waals surface area contributed by atoms with Gasteiger partial charge in [0, 0.05) is 36.1 Å². The summed E-state index contributed by atoms with van der Waals surface area (Å²) in [4.78, 5) is 17.5. The van der Waals surface area contributed by atoms with Gasteiger partial charge in [0.05, 0.1) is 0 Å². The van der Waals surface area contributed by atoms with Crippen molar-refractivity contribution in [3.63, 3.8) is 0 Å². The number of carbonyl (C=O) groups is 1. The average molecular weight is 268 g/mol. The SMILES string of the molecule is C=CCN(C(=O)CCc1c[nH]c2ccccc12)C1CC1. The maximum atomic E-state index is 12.3. The average Bonchev–Trinajstić information content (AvgIpc) is 3.22. The molecule has 0 bridgehead atoms. The summed E-state index contributed by atoms with van der Waals surface area (Å²) in [5.74, 6) is 0.248. The Kier molecular flexibility index (Phi) is 3.59. The standard InChI is InChI=1S/C17H20N2O/c1-2-11-19(14-8-9-14)17(20)10-7-13-12-18-16-6-4-3-5-15(13)16/h2-6,12,14,18H,1,7-11H2. The molecule has 3 rings (SSSR count). The molecule has 1 N–H and O–H groups in total. The quantitative estimate of drug-likeness (QED) is 0.802. The molecular weight excluding hydrogens is 248 g/mol. The Hall–Kier alpha value is -2.03. The Morgan fingerprint density at radius 3 is 2.95 bits per heavy atom. The molecule has 3 nitrogen and oxygen atoms in total. The number of nitrogens with one attached hydrogen (secondary N) is 1. The molecule has 20 heavy (non-hydrogen) atoms. The van der Waals surface area contributed by atoms with Crippen molar-refractivity contribution >= 4 is 16.8 Å². The number of amides is 1. The fourth-order valence-corrected chi connectivity index (χ4v) is 2.70. The summed E-state index contributed by atoms with van der Waals surface area (Å²) in [5, 5.41) is 1.22. The highest BCUT2D eigenvalue weighted by Gasteiger charge is 2.31. The predicted octanol–water partition coefficient (Wildman–Crippen LogP) is 3.28. The third-order valence-corrected chi connectivity index (χ3v) is 3.92. The smallest absolute Gasteiger partial charge is 0.223 e. The molecule has 1 aromatic carbocycles. The molecular formula is C17H20N2O. The molecule has 0 spiro atoms. The second-order valence-corrected chi connectivity index (χ2v) is 5.43. The van der Waals surface area contributed by atoms with Crippen LogP contribution in [0.5, 0.6) is 0 Å². The van der Waals surface area contributed by atoms with Crippen molar-refractivity contribution < 1.29 is 4.79 Å². The number of aromatic amines is 1. The van der Waals surface area contributed by atoms with Gasteiger partial charge in [-0.05, 0) is 30.9 Å². The lowest BCUT2D eigenvalue weighted by Gasteiger charge is -2.20. The summed E-state index contributed by atoms with van der Waals surface area (Å²) in [7, 11) is 0. The van der Waals surface area contributed by atoms with Gasteiger partial charge in [0.25, 0.3) is 0 Å². The molecule has 2 aromatic rings. The van der Waals surface area contributed by atoms with Crippen molar-refractivity contribution in [2.24, 2.45) is 0 Å². The van der Waals surface area contributed by atoms with E-state index in [0.29, 0.717) is 19.0 Å². The van der Waals surface area contributed by atoms with Gasteiger partial charge >= 0.3 is 0 Å². The lowest BCUT2D eigenvalue weighted by Crippen LogP contribution is -2.33. The van der Waals surface area contributed by atoms with Crippen LogP contribution in [0.4, 0.5) is 0 Å². The minimum Gasteiger partial charge on any atom is -0.361 e. The minimum atomic E-state index is 0.248. The first-order valence-corrected chi connectivity index (χ1v) is 7.25. The number of H-pyrrole nitrogens is 1. The monoisotopic (exact) mass is 268 g/mol. The Labute approximate surface area is 119 Å². The van der Waals surface area contributed by atoms with E-state index in [1.807, 2.05) is 29.3 Å². The van der Waals surface area contributed by atoms with E-state index in [1.54, 1.807) is 0 Å². The van der Waals surface area contributed by atoms with Crippen LogP contribution in [0.25, 0.3) is 10.9 Å². The number of fused-ring (bicyclic) bond motifs is 1. The van der Waals surface area contributed by atoms with Crippen molar-refractivity contribution in [1.29, 1.82) is 0 Å². The molecule has 1 amide bonds. The first-order chi connectivity index (χ1) is 9.79. The van der Waals surface area contributed by atoms with Gasteiger partial charge in [-0.25, -0.2) is 0 Å². The zero-order chi connectivity index (χ0) is 13.9. The van der Waals surface area contributed by atoms with E-state index in [9.17, 15) is 4.79 Å². The number of aryl methyl sites for hydroxylation is 1. The van der Waals surface area contributed by atoms with Crippen LogP contribution < -0.4 is 0 Å². The van der Waals surface area contributed by atoms with E-state index < -0.39 is 0 Å². The summed E-state index contributed by atoms with van der Waals surface area (Å²) in [6, 6.07) is 8.69. The van der Waals surface area contributed by atoms with E-state index >= 15 is 0 Å². The highest BCUT2D eigenvalue weighted by Crippen LogP contribution is 2.28. The third-order valence-electron chi connectivity index (χ3n) is 3.92. The van der Waals surface area contributed by atoms with Crippen molar-refractivity contribution in [3.05, 3.63) is 48.7 Å². The van der Waals surface area contributed by atoms with Gasteiger partial charge in [-0.15, -0.1) is 6.58 Å². The highest BCUT2D eigenvalue weighted by atomic mass is 16.2. The van der Waals surface area contributed by atoms with Gasteiger partial charge < -0.3 is 9.88 Å². The summed E-state index contributed by atoms with van der Waals surface area (Å²) in [5.41, 5.74) is 2.36. The van der Waals surface area contributed by atoms with Crippen LogP contribution in [0.15, 0.2) is 43.1 Å². The first-order valence-electron chi connectivity index (χ1n) is 7.25. The number of para-hydroxylation sites is 1.